The van der Waals surface area contributed by atoms with Crippen LogP contribution in [0.1, 0.15) is 19.3 Å². The maximum atomic E-state index is 11.3. The van der Waals surface area contributed by atoms with Gasteiger partial charge >= 0.3 is 0 Å². The van der Waals surface area contributed by atoms with E-state index < -0.39 is 17.9 Å². The number of carbonyl (C=O) groups is 3. The van der Waals surface area contributed by atoms with Gasteiger partial charge in [-0.05, 0) is 13.0 Å². The summed E-state index contributed by atoms with van der Waals surface area (Å²) in [6.45, 7) is 0.397. The Balaban J connectivity index is 4.25. The first-order valence-electron chi connectivity index (χ1n) is 5.00. The summed E-state index contributed by atoms with van der Waals surface area (Å²) in [6, 6.07) is -0.909. The second-order valence-electron chi connectivity index (χ2n) is 3.30. The Kier molecular flexibility index (Phi) is 6.86. The van der Waals surface area contributed by atoms with Crippen LogP contribution in [0.2, 0.25) is 0 Å². The lowest BCUT2D eigenvalue weighted by Gasteiger charge is -2.15. The fourth-order valence-corrected chi connectivity index (χ4v) is 1.11. The van der Waals surface area contributed by atoms with Crippen LogP contribution in [0.3, 0.4) is 0 Å². The van der Waals surface area contributed by atoms with Crippen LogP contribution in [0.15, 0.2) is 0 Å². The average Bonchev–Trinajstić information content (AvgIpc) is 2.23. The summed E-state index contributed by atoms with van der Waals surface area (Å²) in [7, 11) is 1.42. The predicted octanol–water partition coefficient (Wildman–Crippen LogP) is -2.17. The summed E-state index contributed by atoms with van der Waals surface area (Å²) in [6.07, 6.45) is 0.541. The van der Waals surface area contributed by atoms with Crippen molar-refractivity contribution in [2.45, 2.75) is 25.3 Å². The Hall–Kier alpha value is -1.63. The van der Waals surface area contributed by atoms with Gasteiger partial charge in [-0.25, -0.2) is 0 Å². The number of carbonyl (C=O) groups excluding carboxylic acids is 3. The minimum Gasteiger partial charge on any atom is -0.370 e. The van der Waals surface area contributed by atoms with Gasteiger partial charge in [-0.1, -0.05) is 0 Å². The molecule has 3 amide bonds. The minimum absolute atomic E-state index is 0.214. The topological polar surface area (TPSA) is 127 Å². The second-order valence-corrected chi connectivity index (χ2v) is 3.30. The summed E-state index contributed by atoms with van der Waals surface area (Å²) in [5, 5.41) is 4.77. The van der Waals surface area contributed by atoms with Crippen molar-refractivity contribution < 1.29 is 14.4 Å². The van der Waals surface area contributed by atoms with Gasteiger partial charge in [-0.15, -0.1) is 0 Å². The molecule has 0 aliphatic rings. The Bertz CT molecular complexity index is 267. The smallest absolute Gasteiger partial charge is 0.242 e. The van der Waals surface area contributed by atoms with Crippen LogP contribution in [0.5, 0.6) is 0 Å². The normalized spacial score (nSPS) is 11.6. The zero-order valence-electron chi connectivity index (χ0n) is 9.29. The second kappa shape index (κ2) is 7.63. The van der Waals surface area contributed by atoms with Gasteiger partial charge < -0.3 is 22.1 Å². The van der Waals surface area contributed by atoms with Gasteiger partial charge in [0.25, 0.3) is 0 Å². The van der Waals surface area contributed by atoms with Crippen LogP contribution in [-0.2, 0) is 14.4 Å². The summed E-state index contributed by atoms with van der Waals surface area (Å²) >= 11 is 0. The van der Waals surface area contributed by atoms with Gasteiger partial charge in [0.15, 0.2) is 0 Å². The molecule has 0 aromatic heterocycles. The van der Waals surface area contributed by atoms with Gasteiger partial charge in [-0.2, -0.15) is 0 Å². The molecule has 0 aliphatic heterocycles. The third kappa shape index (κ3) is 5.97. The molecular weight excluding hydrogens is 212 g/mol. The monoisotopic (exact) mass is 230 g/mol. The molecular formula is C9H18N4O3. The molecule has 1 atom stereocenters. The Labute approximate surface area is 93.9 Å². The fraction of sp³-hybridized carbons (Fsp3) is 0.667. The van der Waals surface area contributed by atoms with Crippen molar-refractivity contribution in [1.29, 1.82) is 0 Å². The molecule has 0 saturated carbocycles. The molecule has 1 unspecified atom stereocenters. The van der Waals surface area contributed by atoms with Crippen molar-refractivity contribution in [1.82, 2.24) is 10.6 Å². The van der Waals surface area contributed by atoms with E-state index in [2.05, 4.69) is 10.6 Å². The maximum absolute atomic E-state index is 11.3. The van der Waals surface area contributed by atoms with Crippen molar-refractivity contribution in [3.8, 4) is 0 Å². The van der Waals surface area contributed by atoms with Gasteiger partial charge in [0.1, 0.15) is 6.04 Å². The molecule has 16 heavy (non-hydrogen) atoms. The van der Waals surface area contributed by atoms with E-state index in [0.29, 0.717) is 13.0 Å². The first-order valence-corrected chi connectivity index (χ1v) is 5.00. The van der Waals surface area contributed by atoms with Crippen molar-refractivity contribution in [3.05, 3.63) is 0 Å². The first kappa shape index (κ1) is 14.4. The van der Waals surface area contributed by atoms with Crippen LogP contribution in [0, 0.1) is 0 Å². The van der Waals surface area contributed by atoms with Crippen molar-refractivity contribution in [2.24, 2.45) is 11.5 Å². The van der Waals surface area contributed by atoms with Crippen LogP contribution in [0.4, 0.5) is 0 Å². The number of primary amides is 1. The third-order valence-corrected chi connectivity index (χ3v) is 1.91. The molecule has 0 aliphatic carbocycles. The minimum atomic E-state index is -0.909. The summed E-state index contributed by atoms with van der Waals surface area (Å²) in [5.74, 6) is -1.41. The molecule has 0 aromatic carbocycles. The highest BCUT2D eigenvalue weighted by Crippen LogP contribution is 1.94. The zero-order chi connectivity index (χ0) is 12.6. The Morgan fingerprint density at radius 1 is 1.31 bits per heavy atom. The Morgan fingerprint density at radius 3 is 2.38 bits per heavy atom. The molecule has 0 saturated heterocycles. The number of hydrogen-bond acceptors (Lipinski definition) is 4. The van der Waals surface area contributed by atoms with E-state index >= 15 is 0 Å². The number of hydrogen-bond donors (Lipinski definition) is 4. The molecule has 0 fully saturated rings. The van der Waals surface area contributed by atoms with Crippen LogP contribution in [0.25, 0.3) is 0 Å². The molecule has 0 bridgehead atoms. The standard InChI is InChI=1S/C9H18N4O3/c1-12-9(16)6(5-7(11)14)13-8(15)3-2-4-10/h6H,2-5,10H2,1H3,(H2,11,14)(H,12,16)(H,13,15). The summed E-state index contributed by atoms with van der Waals surface area (Å²) in [4.78, 5) is 33.3. The zero-order valence-corrected chi connectivity index (χ0v) is 9.29. The number of amides is 3. The van der Waals surface area contributed by atoms with E-state index in [9.17, 15) is 14.4 Å². The van der Waals surface area contributed by atoms with Crippen molar-refractivity contribution >= 4 is 17.7 Å². The SMILES string of the molecule is CNC(=O)C(CC(N)=O)NC(=O)CCCN. The maximum Gasteiger partial charge on any atom is 0.242 e. The van der Waals surface area contributed by atoms with Gasteiger partial charge in [-0.3, -0.25) is 14.4 Å². The lowest BCUT2D eigenvalue weighted by Crippen LogP contribution is -2.47. The highest BCUT2D eigenvalue weighted by atomic mass is 16.2. The molecule has 7 heteroatoms. The highest BCUT2D eigenvalue weighted by molar-refractivity contribution is 5.91. The molecule has 7 nitrogen and oxygen atoms in total. The molecule has 0 spiro atoms. The quantitative estimate of drug-likeness (QED) is 0.397. The number of rotatable bonds is 7. The molecule has 0 aromatic rings. The molecule has 92 valence electrons. The number of likely N-dealkylation sites (N-methyl/N-ethyl adjacent to an activating group) is 1. The van der Waals surface area contributed by atoms with Gasteiger partial charge in [0, 0.05) is 13.5 Å². The predicted molar refractivity (Wildman–Crippen MR) is 58.1 cm³/mol. The van der Waals surface area contributed by atoms with E-state index in [1.807, 2.05) is 0 Å². The van der Waals surface area contributed by atoms with Crippen LogP contribution < -0.4 is 22.1 Å². The van der Waals surface area contributed by atoms with Crippen molar-refractivity contribution in [3.63, 3.8) is 0 Å². The lowest BCUT2D eigenvalue weighted by molar-refractivity contribution is -0.130. The average molecular weight is 230 g/mol. The van der Waals surface area contributed by atoms with Crippen LogP contribution in [-0.4, -0.2) is 37.4 Å². The van der Waals surface area contributed by atoms with Crippen LogP contribution >= 0.6 is 0 Å². The molecule has 0 radical (unpaired) electrons. The Morgan fingerprint density at radius 2 is 1.94 bits per heavy atom. The van der Waals surface area contributed by atoms with E-state index in [-0.39, 0.29) is 18.7 Å². The van der Waals surface area contributed by atoms with E-state index in [0.717, 1.165) is 0 Å². The van der Waals surface area contributed by atoms with E-state index in [1.54, 1.807) is 0 Å². The summed E-state index contributed by atoms with van der Waals surface area (Å²) in [5.41, 5.74) is 10.2. The van der Waals surface area contributed by atoms with Gasteiger partial charge in [0.05, 0.1) is 6.42 Å². The number of nitrogens with two attached hydrogens (primary N) is 2. The van der Waals surface area contributed by atoms with Crippen molar-refractivity contribution in [2.75, 3.05) is 13.6 Å². The molecule has 0 rings (SSSR count). The largest absolute Gasteiger partial charge is 0.370 e. The number of nitrogens with one attached hydrogen (secondary N) is 2. The lowest BCUT2D eigenvalue weighted by atomic mass is 10.1. The summed E-state index contributed by atoms with van der Waals surface area (Å²) < 4.78 is 0. The fourth-order valence-electron chi connectivity index (χ4n) is 1.11. The van der Waals surface area contributed by atoms with Gasteiger partial charge in [0.2, 0.25) is 17.7 Å². The first-order chi connectivity index (χ1) is 7.51. The highest BCUT2D eigenvalue weighted by Gasteiger charge is 2.21. The molecule has 6 N–H and O–H groups in total. The van der Waals surface area contributed by atoms with E-state index in [1.165, 1.54) is 7.05 Å². The van der Waals surface area contributed by atoms with E-state index in [4.69, 9.17) is 11.5 Å². The molecule has 0 heterocycles. The third-order valence-electron chi connectivity index (χ3n) is 1.91.